The molecule has 1 saturated carbocycles. The van der Waals surface area contributed by atoms with Gasteiger partial charge in [-0.25, -0.2) is 9.97 Å². The number of aryl methyl sites for hydroxylation is 1. The second-order valence-electron chi connectivity index (χ2n) is 9.81. The Balaban J connectivity index is 1.80. The Morgan fingerprint density at radius 3 is 2.62 bits per heavy atom. The molecular weight excluding hydrogens is 434 g/mol. The van der Waals surface area contributed by atoms with Crippen LogP contribution < -0.4 is 21.5 Å². The third-order valence-corrected chi connectivity index (χ3v) is 6.30. The van der Waals surface area contributed by atoms with Crippen LogP contribution in [0.3, 0.4) is 0 Å². The molecule has 2 amide bonds. The molecule has 3 heterocycles. The Morgan fingerprint density at radius 2 is 1.97 bits per heavy atom. The van der Waals surface area contributed by atoms with Crippen molar-refractivity contribution in [3.8, 4) is 0 Å². The van der Waals surface area contributed by atoms with Crippen molar-refractivity contribution >= 4 is 40.0 Å². The Kier molecular flexibility index (Phi) is 4.99. The van der Waals surface area contributed by atoms with E-state index in [0.717, 1.165) is 12.8 Å². The van der Waals surface area contributed by atoms with Crippen LogP contribution in [0.5, 0.6) is 0 Å². The highest BCUT2D eigenvalue weighted by atomic mass is 16.2. The summed E-state index contributed by atoms with van der Waals surface area (Å²) in [6, 6.07) is 1.29. The van der Waals surface area contributed by atoms with E-state index in [1.54, 1.807) is 22.4 Å². The number of carbonyl (C=O) groups excluding carboxylic acids is 2. The van der Waals surface area contributed by atoms with Crippen LogP contribution in [-0.2, 0) is 11.8 Å². The normalized spacial score (nSPS) is 16.3. The molecule has 180 valence electrons. The van der Waals surface area contributed by atoms with Crippen molar-refractivity contribution in [3.63, 3.8) is 0 Å². The quantitative estimate of drug-likeness (QED) is 0.511. The van der Waals surface area contributed by atoms with Gasteiger partial charge in [0.05, 0.1) is 16.9 Å². The van der Waals surface area contributed by atoms with Crippen molar-refractivity contribution in [1.82, 2.24) is 24.4 Å². The molecule has 0 radical (unpaired) electrons. The van der Waals surface area contributed by atoms with E-state index in [1.165, 1.54) is 18.6 Å². The number of anilines is 3. The summed E-state index contributed by atoms with van der Waals surface area (Å²) in [5, 5.41) is 8.08. The van der Waals surface area contributed by atoms with Crippen LogP contribution in [0.2, 0.25) is 0 Å². The molecule has 1 aliphatic rings. The van der Waals surface area contributed by atoms with E-state index in [4.69, 9.17) is 4.11 Å². The van der Waals surface area contributed by atoms with Gasteiger partial charge in [0.1, 0.15) is 23.2 Å². The molecule has 1 fully saturated rings. The molecule has 3 aromatic rings. The Bertz CT molecular complexity index is 1430. The highest BCUT2D eigenvalue weighted by Gasteiger charge is 2.30. The minimum absolute atomic E-state index is 0.0650. The van der Waals surface area contributed by atoms with E-state index >= 15 is 0 Å². The maximum Gasteiger partial charge on any atom is 0.265 e. The van der Waals surface area contributed by atoms with E-state index in [-0.39, 0.29) is 45.9 Å². The Morgan fingerprint density at radius 1 is 1.24 bits per heavy atom. The van der Waals surface area contributed by atoms with E-state index < -0.39 is 12.9 Å². The first-order valence-corrected chi connectivity index (χ1v) is 11.1. The van der Waals surface area contributed by atoms with Crippen LogP contribution in [0, 0.1) is 11.3 Å². The number of hydrogen-bond acceptors (Lipinski definition) is 6. The van der Waals surface area contributed by atoms with Gasteiger partial charge in [0.15, 0.2) is 0 Å². The molecule has 3 aromatic heterocycles. The van der Waals surface area contributed by atoms with Crippen molar-refractivity contribution < 1.29 is 13.7 Å². The molecule has 0 spiro atoms. The molecule has 10 nitrogen and oxygen atoms in total. The van der Waals surface area contributed by atoms with Crippen molar-refractivity contribution in [2.75, 3.05) is 17.6 Å². The summed E-state index contributed by atoms with van der Waals surface area (Å²) in [7, 11) is 1.74. The smallest absolute Gasteiger partial charge is 0.265 e. The zero-order valence-electron chi connectivity index (χ0n) is 22.9. The van der Waals surface area contributed by atoms with Crippen LogP contribution in [0.4, 0.5) is 17.2 Å². The number of pyridine rings is 1. The number of carbonyl (C=O) groups is 2. The molecule has 0 aromatic carbocycles. The molecule has 0 unspecified atom stereocenters. The first-order valence-electron chi connectivity index (χ1n) is 12.6. The molecule has 10 heteroatoms. The first kappa shape index (κ1) is 19.7. The predicted octanol–water partition coefficient (Wildman–Crippen LogP) is 3.19. The van der Waals surface area contributed by atoms with E-state index in [0.29, 0.717) is 16.7 Å². The lowest BCUT2D eigenvalue weighted by molar-refractivity contribution is -0.117. The third kappa shape index (κ3) is 4.40. The number of nitrogens with zero attached hydrogens (tertiary/aromatic N) is 4. The topological polar surface area (TPSA) is 123 Å². The average molecular weight is 469 g/mol. The number of hydrogen-bond donors (Lipinski definition) is 3. The van der Waals surface area contributed by atoms with Crippen LogP contribution in [0.25, 0.3) is 11.0 Å². The van der Waals surface area contributed by atoms with Crippen molar-refractivity contribution in [1.29, 1.82) is 0 Å². The summed E-state index contributed by atoms with van der Waals surface area (Å²) in [4.78, 5) is 47.3. The second kappa shape index (κ2) is 8.58. The highest BCUT2D eigenvalue weighted by Crippen LogP contribution is 2.33. The lowest BCUT2D eigenvalue weighted by Gasteiger charge is -2.28. The molecule has 1 atom stereocenters. The standard InChI is InChI=1S/C24H31N7O3/c1-13(24(2,3)4)31-12-27-20-19(23(31)34)17(11-30(20)6)28-16-9-18(29-21(32)14-7-8-14)26-10-15(16)22(33)25-5/h9-14H,7-8H2,1-6H3,(H,25,33)(H2,26,28,29,32)/t13-/m1/s1/i5D3. The fourth-order valence-electron chi connectivity index (χ4n) is 3.66. The average Bonchev–Trinajstić information content (AvgIpc) is 3.57. The molecule has 0 bridgehead atoms. The Hall–Kier alpha value is -3.69. The van der Waals surface area contributed by atoms with E-state index in [9.17, 15) is 14.4 Å². The molecular formula is C24H31N7O3. The van der Waals surface area contributed by atoms with Gasteiger partial charge in [0, 0.05) is 48.6 Å². The van der Waals surface area contributed by atoms with Crippen LogP contribution in [0.15, 0.2) is 29.6 Å². The summed E-state index contributed by atoms with van der Waals surface area (Å²) in [6.07, 6.45) is 5.99. The molecule has 34 heavy (non-hydrogen) atoms. The molecule has 3 N–H and O–H groups in total. The van der Waals surface area contributed by atoms with Gasteiger partial charge in [-0.2, -0.15) is 0 Å². The number of aromatic nitrogens is 4. The largest absolute Gasteiger partial charge is 0.355 e. The lowest BCUT2D eigenvalue weighted by Crippen LogP contribution is -2.31. The van der Waals surface area contributed by atoms with Gasteiger partial charge in [-0.15, -0.1) is 0 Å². The van der Waals surface area contributed by atoms with Crippen molar-refractivity contribution in [2.24, 2.45) is 18.4 Å². The predicted molar refractivity (Wildman–Crippen MR) is 131 cm³/mol. The fourth-order valence-corrected chi connectivity index (χ4v) is 3.66. The van der Waals surface area contributed by atoms with Gasteiger partial charge in [-0.3, -0.25) is 19.0 Å². The van der Waals surface area contributed by atoms with Gasteiger partial charge in [0.25, 0.3) is 11.5 Å². The fraction of sp³-hybridized carbons (Fsp3) is 0.458. The number of fused-ring (bicyclic) bond motifs is 1. The van der Waals surface area contributed by atoms with Gasteiger partial charge in [-0.05, 0) is 25.2 Å². The summed E-state index contributed by atoms with van der Waals surface area (Å²) in [5.41, 5.74) is 0.454. The molecule has 0 saturated heterocycles. The van der Waals surface area contributed by atoms with Crippen molar-refractivity contribution in [2.45, 2.75) is 46.6 Å². The van der Waals surface area contributed by atoms with Crippen LogP contribution in [0.1, 0.15) is 61.0 Å². The third-order valence-electron chi connectivity index (χ3n) is 6.30. The van der Waals surface area contributed by atoms with E-state index in [2.05, 4.69) is 20.6 Å². The van der Waals surface area contributed by atoms with Gasteiger partial charge < -0.3 is 20.5 Å². The van der Waals surface area contributed by atoms with Gasteiger partial charge in [0.2, 0.25) is 5.91 Å². The summed E-state index contributed by atoms with van der Waals surface area (Å²) in [6.45, 7) is 5.32. The van der Waals surface area contributed by atoms with Crippen molar-refractivity contribution in [3.05, 3.63) is 40.7 Å². The molecule has 4 rings (SSSR count). The SMILES string of the molecule is [2H]C([2H])([2H])NC(=O)c1cnc(NC(=O)C2CC2)cc1Nc1cn(C)c2ncn([C@H](C)C(C)(C)C)c(=O)c12. The Labute approximate surface area is 202 Å². The first-order chi connectivity index (χ1) is 17.2. The number of amides is 2. The number of nitrogens with one attached hydrogen (secondary N) is 3. The van der Waals surface area contributed by atoms with Crippen LogP contribution >= 0.6 is 0 Å². The zero-order chi connectivity index (χ0) is 27.3. The summed E-state index contributed by atoms with van der Waals surface area (Å²) in [5.74, 6) is -0.926. The lowest BCUT2D eigenvalue weighted by atomic mass is 9.88. The maximum absolute atomic E-state index is 13.6. The van der Waals surface area contributed by atoms with Crippen LogP contribution in [-0.4, -0.2) is 37.9 Å². The monoisotopic (exact) mass is 468 g/mol. The zero-order valence-corrected chi connectivity index (χ0v) is 19.9. The van der Waals surface area contributed by atoms with Gasteiger partial charge in [-0.1, -0.05) is 20.8 Å². The minimum Gasteiger partial charge on any atom is -0.355 e. The minimum atomic E-state index is -2.71. The molecule has 1 aliphatic carbocycles. The second-order valence-corrected chi connectivity index (χ2v) is 9.81. The van der Waals surface area contributed by atoms with E-state index in [1.807, 2.05) is 33.0 Å². The molecule has 0 aliphatic heterocycles. The number of rotatable bonds is 6. The highest BCUT2D eigenvalue weighted by molar-refractivity contribution is 6.03. The van der Waals surface area contributed by atoms with Gasteiger partial charge >= 0.3 is 0 Å². The summed E-state index contributed by atoms with van der Waals surface area (Å²) >= 11 is 0. The maximum atomic E-state index is 13.6. The summed E-state index contributed by atoms with van der Waals surface area (Å²) < 4.78 is 25.4.